The molecule has 6 nitrogen and oxygen atoms in total. The summed E-state index contributed by atoms with van der Waals surface area (Å²) in [6.07, 6.45) is -1.80. The highest BCUT2D eigenvalue weighted by atomic mass is 32.2. The minimum atomic E-state index is -4.61. The fraction of sp³-hybridized carbons (Fsp3) is 0.636. The second-order valence-corrected chi connectivity index (χ2v) is 9.74. The van der Waals surface area contributed by atoms with Crippen molar-refractivity contribution in [2.24, 2.45) is 5.92 Å². The zero-order valence-electron chi connectivity index (χ0n) is 18.0. The van der Waals surface area contributed by atoms with E-state index in [4.69, 9.17) is 9.47 Å². The Hall–Kier alpha value is -1.85. The summed E-state index contributed by atoms with van der Waals surface area (Å²) in [6, 6.07) is 2.77. The quantitative estimate of drug-likeness (QED) is 0.554. The maximum Gasteiger partial charge on any atom is 0.522 e. The summed E-state index contributed by atoms with van der Waals surface area (Å²) >= 11 is 1.52. The number of thioether (sulfide) groups is 1. The molecule has 1 saturated carbocycles. The van der Waals surface area contributed by atoms with Gasteiger partial charge in [0.05, 0.1) is 24.0 Å². The number of aromatic amines is 1. The lowest BCUT2D eigenvalue weighted by molar-refractivity contribution is -0.345. The highest BCUT2D eigenvalue weighted by molar-refractivity contribution is 7.99. The van der Waals surface area contributed by atoms with E-state index in [0.29, 0.717) is 68.7 Å². The fourth-order valence-corrected chi connectivity index (χ4v) is 5.37. The summed E-state index contributed by atoms with van der Waals surface area (Å²) in [5.41, 5.74) is -0.343. The highest BCUT2D eigenvalue weighted by Crippen LogP contribution is 2.34. The number of hydrogen-bond acceptors (Lipinski definition) is 6. The molecule has 4 rings (SSSR count). The molecular formula is C22H26F4N2O4S. The van der Waals surface area contributed by atoms with E-state index in [2.05, 4.69) is 14.7 Å². The van der Waals surface area contributed by atoms with Crippen LogP contribution in [0.2, 0.25) is 0 Å². The van der Waals surface area contributed by atoms with Gasteiger partial charge in [0.1, 0.15) is 22.8 Å². The maximum absolute atomic E-state index is 14.6. The van der Waals surface area contributed by atoms with Crippen molar-refractivity contribution in [2.45, 2.75) is 62.0 Å². The monoisotopic (exact) mass is 490 g/mol. The van der Waals surface area contributed by atoms with Crippen molar-refractivity contribution < 1.29 is 31.8 Å². The molecule has 33 heavy (non-hydrogen) atoms. The van der Waals surface area contributed by atoms with E-state index in [9.17, 15) is 22.4 Å². The number of benzene rings is 1. The van der Waals surface area contributed by atoms with Crippen LogP contribution in [0, 0.1) is 11.7 Å². The minimum absolute atomic E-state index is 0.119. The number of nitrogens with zero attached hydrogens (tertiary/aromatic N) is 1. The average Bonchev–Trinajstić information content (AvgIpc) is 2.76. The third kappa shape index (κ3) is 6.83. The van der Waals surface area contributed by atoms with Crippen LogP contribution >= 0.6 is 11.8 Å². The Morgan fingerprint density at radius 1 is 1.12 bits per heavy atom. The molecule has 1 aromatic carbocycles. The third-order valence-electron chi connectivity index (χ3n) is 5.99. The SMILES string of the molecule is O=c1[nH]c(CS[C@H]2CC[C@@H](OC(F)(F)F)CC2)nc2cc(OCC3CCOCC3)cc(F)c12. The van der Waals surface area contributed by atoms with Crippen LogP contribution in [0.1, 0.15) is 44.3 Å². The molecule has 1 aliphatic carbocycles. The number of alkyl halides is 3. The van der Waals surface area contributed by atoms with Gasteiger partial charge in [-0.25, -0.2) is 9.37 Å². The van der Waals surface area contributed by atoms with E-state index in [1.807, 2.05) is 0 Å². The summed E-state index contributed by atoms with van der Waals surface area (Å²) in [4.78, 5) is 19.5. The molecule has 1 N–H and O–H groups in total. The smallest absolute Gasteiger partial charge is 0.493 e. The number of ether oxygens (including phenoxy) is 3. The molecule has 2 fully saturated rings. The molecule has 0 unspecified atom stereocenters. The van der Waals surface area contributed by atoms with Crippen LogP contribution < -0.4 is 10.3 Å². The summed E-state index contributed by atoms with van der Waals surface area (Å²) in [7, 11) is 0. The lowest BCUT2D eigenvalue weighted by Gasteiger charge is -2.28. The normalized spacial score (nSPS) is 22.5. The van der Waals surface area contributed by atoms with Gasteiger partial charge >= 0.3 is 6.36 Å². The molecular weight excluding hydrogens is 464 g/mol. The predicted molar refractivity (Wildman–Crippen MR) is 116 cm³/mol. The topological polar surface area (TPSA) is 73.4 Å². The van der Waals surface area contributed by atoms with Gasteiger partial charge < -0.3 is 14.5 Å². The number of rotatable bonds is 7. The van der Waals surface area contributed by atoms with E-state index < -0.39 is 23.8 Å². The first-order valence-electron chi connectivity index (χ1n) is 11.1. The summed E-state index contributed by atoms with van der Waals surface area (Å²) in [5, 5.41) is 0.0249. The average molecular weight is 491 g/mol. The summed E-state index contributed by atoms with van der Waals surface area (Å²) in [5.74, 6) is 0.743. The van der Waals surface area contributed by atoms with Gasteiger partial charge in [0.25, 0.3) is 5.56 Å². The van der Waals surface area contributed by atoms with Crippen molar-refractivity contribution in [1.29, 1.82) is 0 Å². The Morgan fingerprint density at radius 2 is 1.85 bits per heavy atom. The van der Waals surface area contributed by atoms with Crippen LogP contribution in [0.4, 0.5) is 17.6 Å². The molecule has 0 spiro atoms. The van der Waals surface area contributed by atoms with Gasteiger partial charge in [-0.15, -0.1) is 13.2 Å². The number of nitrogens with one attached hydrogen (secondary N) is 1. The van der Waals surface area contributed by atoms with Crippen molar-refractivity contribution in [3.63, 3.8) is 0 Å². The lowest BCUT2D eigenvalue weighted by atomic mass is 9.97. The van der Waals surface area contributed by atoms with E-state index in [1.54, 1.807) is 6.07 Å². The first kappa shape index (κ1) is 24.3. The van der Waals surface area contributed by atoms with Gasteiger partial charge in [-0.1, -0.05) is 0 Å². The summed E-state index contributed by atoms with van der Waals surface area (Å²) in [6.45, 7) is 1.82. The number of halogens is 4. The molecule has 0 atom stereocenters. The Kier molecular flexibility index (Phi) is 7.80. The van der Waals surface area contributed by atoms with Crippen molar-refractivity contribution in [1.82, 2.24) is 9.97 Å². The maximum atomic E-state index is 14.6. The second-order valence-electron chi connectivity index (χ2n) is 8.45. The number of H-pyrrole nitrogens is 1. The number of aromatic nitrogens is 2. The van der Waals surface area contributed by atoms with Crippen LogP contribution in [0.5, 0.6) is 5.75 Å². The van der Waals surface area contributed by atoms with Gasteiger partial charge in [0, 0.05) is 30.6 Å². The first-order valence-corrected chi connectivity index (χ1v) is 12.1. The molecule has 2 aliphatic rings. The molecule has 0 bridgehead atoms. The zero-order valence-corrected chi connectivity index (χ0v) is 18.8. The minimum Gasteiger partial charge on any atom is -0.493 e. The van der Waals surface area contributed by atoms with Crippen molar-refractivity contribution >= 4 is 22.7 Å². The lowest BCUT2D eigenvalue weighted by Crippen LogP contribution is -2.29. The van der Waals surface area contributed by atoms with Gasteiger partial charge in [0.2, 0.25) is 0 Å². The van der Waals surface area contributed by atoms with Crippen molar-refractivity contribution in [3.8, 4) is 5.75 Å². The Morgan fingerprint density at radius 3 is 2.55 bits per heavy atom. The van der Waals surface area contributed by atoms with Crippen molar-refractivity contribution in [3.05, 3.63) is 34.1 Å². The van der Waals surface area contributed by atoms with Gasteiger partial charge in [-0.3, -0.25) is 9.53 Å². The van der Waals surface area contributed by atoms with Gasteiger partial charge in [-0.05, 0) is 44.4 Å². The first-order chi connectivity index (χ1) is 15.8. The van der Waals surface area contributed by atoms with Crippen LogP contribution in [-0.2, 0) is 15.2 Å². The Balaban J connectivity index is 1.37. The van der Waals surface area contributed by atoms with E-state index in [0.717, 1.165) is 12.8 Å². The van der Waals surface area contributed by atoms with Crippen LogP contribution in [0.25, 0.3) is 10.9 Å². The van der Waals surface area contributed by atoms with Gasteiger partial charge in [0.15, 0.2) is 0 Å². The second kappa shape index (κ2) is 10.6. The Bertz CT molecular complexity index is 1000. The fourth-order valence-electron chi connectivity index (χ4n) is 4.23. The van der Waals surface area contributed by atoms with E-state index in [1.165, 1.54) is 17.8 Å². The van der Waals surface area contributed by atoms with E-state index in [-0.39, 0.29) is 16.2 Å². The number of fused-ring (bicyclic) bond motifs is 1. The molecule has 0 radical (unpaired) electrons. The predicted octanol–water partition coefficient (Wildman–Crippen LogP) is 4.95. The molecule has 0 amide bonds. The van der Waals surface area contributed by atoms with Crippen LogP contribution in [0.15, 0.2) is 16.9 Å². The van der Waals surface area contributed by atoms with Gasteiger partial charge in [-0.2, -0.15) is 11.8 Å². The molecule has 11 heteroatoms. The molecule has 2 heterocycles. The highest BCUT2D eigenvalue weighted by Gasteiger charge is 2.35. The molecule has 1 saturated heterocycles. The molecule has 2 aromatic rings. The largest absolute Gasteiger partial charge is 0.522 e. The molecule has 1 aliphatic heterocycles. The standard InChI is InChI=1S/C22H26F4N2O4S/c23-17-9-15(31-11-13-5-7-30-8-6-13)10-18-20(17)21(29)28-19(27-18)12-33-16-3-1-14(2-4-16)32-22(24,25)26/h9-10,13-14,16H,1-8,11-12H2,(H,27,28,29)/t14-,16+. The molecule has 1 aromatic heterocycles. The van der Waals surface area contributed by atoms with E-state index >= 15 is 0 Å². The molecule has 182 valence electrons. The van der Waals surface area contributed by atoms with Crippen LogP contribution in [0.3, 0.4) is 0 Å². The third-order valence-corrected chi connectivity index (χ3v) is 7.37. The summed E-state index contributed by atoms with van der Waals surface area (Å²) < 4.78 is 66.9. The zero-order chi connectivity index (χ0) is 23.4. The van der Waals surface area contributed by atoms with Crippen molar-refractivity contribution in [2.75, 3.05) is 19.8 Å². The Labute approximate surface area is 192 Å². The number of hydrogen-bond donors (Lipinski definition) is 1. The van der Waals surface area contributed by atoms with Crippen LogP contribution in [-0.4, -0.2) is 47.5 Å².